The third kappa shape index (κ3) is 3.23. The van der Waals surface area contributed by atoms with Crippen LogP contribution in [0, 0.1) is 23.0 Å². The van der Waals surface area contributed by atoms with Crippen LogP contribution in [0.4, 0.5) is 8.78 Å². The second-order valence-corrected chi connectivity index (χ2v) is 4.41. The molecule has 0 aliphatic carbocycles. The van der Waals surface area contributed by atoms with Crippen molar-refractivity contribution in [2.75, 3.05) is 14.2 Å². The fourth-order valence-electron chi connectivity index (χ4n) is 1.95. The van der Waals surface area contributed by atoms with Gasteiger partial charge in [0.1, 0.15) is 0 Å². The predicted octanol–water partition coefficient (Wildman–Crippen LogP) is 4.05. The van der Waals surface area contributed by atoms with Gasteiger partial charge in [0.25, 0.3) is 0 Å². The van der Waals surface area contributed by atoms with Gasteiger partial charge in [-0.15, -0.1) is 0 Å². The number of nitriles is 1. The van der Waals surface area contributed by atoms with Crippen LogP contribution < -0.4 is 9.47 Å². The molecule has 22 heavy (non-hydrogen) atoms. The Bertz CT molecular complexity index is 764. The van der Waals surface area contributed by atoms with Crippen molar-refractivity contribution in [2.45, 2.75) is 0 Å². The summed E-state index contributed by atoms with van der Waals surface area (Å²) >= 11 is 0. The number of benzene rings is 2. The van der Waals surface area contributed by atoms with E-state index >= 15 is 0 Å². The van der Waals surface area contributed by atoms with Crippen molar-refractivity contribution in [3.05, 3.63) is 59.2 Å². The molecule has 0 bridgehead atoms. The van der Waals surface area contributed by atoms with Gasteiger partial charge < -0.3 is 9.47 Å². The second kappa shape index (κ2) is 6.72. The van der Waals surface area contributed by atoms with Crippen LogP contribution in [0.5, 0.6) is 11.5 Å². The van der Waals surface area contributed by atoms with Gasteiger partial charge in [-0.3, -0.25) is 0 Å². The first-order valence-electron chi connectivity index (χ1n) is 6.38. The average Bonchev–Trinajstić information content (AvgIpc) is 2.55. The summed E-state index contributed by atoms with van der Waals surface area (Å²) in [5.41, 5.74) is 1.28. The Kier molecular flexibility index (Phi) is 4.74. The highest BCUT2D eigenvalue weighted by molar-refractivity contribution is 5.90. The van der Waals surface area contributed by atoms with E-state index in [0.717, 1.165) is 12.1 Å². The second-order valence-electron chi connectivity index (χ2n) is 4.41. The molecule has 0 radical (unpaired) electrons. The maximum atomic E-state index is 13.2. The number of hydrogen-bond donors (Lipinski definition) is 0. The molecule has 0 atom stereocenters. The highest BCUT2D eigenvalue weighted by atomic mass is 19.2. The zero-order chi connectivity index (χ0) is 16.1. The Labute approximate surface area is 127 Å². The van der Waals surface area contributed by atoms with Gasteiger partial charge in [-0.05, 0) is 47.5 Å². The Hall–Kier alpha value is -2.87. The van der Waals surface area contributed by atoms with Crippen LogP contribution in [-0.2, 0) is 0 Å². The lowest BCUT2D eigenvalue weighted by molar-refractivity contribution is 0.355. The molecule has 0 heterocycles. The molecule has 0 fully saturated rings. The van der Waals surface area contributed by atoms with Crippen molar-refractivity contribution < 1.29 is 18.3 Å². The minimum atomic E-state index is -0.960. The Balaban J connectivity index is 2.45. The van der Waals surface area contributed by atoms with Gasteiger partial charge in [0.15, 0.2) is 23.1 Å². The molecule has 2 rings (SSSR count). The summed E-state index contributed by atoms with van der Waals surface area (Å²) in [7, 11) is 3.01. The van der Waals surface area contributed by atoms with E-state index in [1.165, 1.54) is 26.4 Å². The van der Waals surface area contributed by atoms with Crippen LogP contribution in [-0.4, -0.2) is 14.2 Å². The molecule has 0 aliphatic rings. The summed E-state index contributed by atoms with van der Waals surface area (Å²) in [6.45, 7) is 0. The number of methoxy groups -OCH3 is 2. The van der Waals surface area contributed by atoms with Crippen LogP contribution >= 0.6 is 0 Å². The van der Waals surface area contributed by atoms with Gasteiger partial charge in [-0.1, -0.05) is 6.07 Å². The fraction of sp³-hybridized carbons (Fsp3) is 0.118. The molecule has 0 aliphatic heterocycles. The molecule has 3 nitrogen and oxygen atoms in total. The number of allylic oxidation sites excluding steroid dienone is 1. The van der Waals surface area contributed by atoms with Crippen LogP contribution in [0.3, 0.4) is 0 Å². The zero-order valence-electron chi connectivity index (χ0n) is 12.1. The molecule has 112 valence electrons. The Morgan fingerprint density at radius 3 is 2.32 bits per heavy atom. The molecular weight excluding hydrogens is 288 g/mol. The number of ether oxygens (including phenoxy) is 2. The van der Waals surface area contributed by atoms with E-state index in [0.29, 0.717) is 28.2 Å². The normalized spacial score (nSPS) is 11.0. The smallest absolute Gasteiger partial charge is 0.161 e. The quantitative estimate of drug-likeness (QED) is 0.632. The summed E-state index contributed by atoms with van der Waals surface area (Å²) in [6, 6.07) is 10.5. The van der Waals surface area contributed by atoms with Crippen molar-refractivity contribution in [3.63, 3.8) is 0 Å². The first kappa shape index (κ1) is 15.5. The van der Waals surface area contributed by atoms with Crippen LogP contribution in [0.2, 0.25) is 0 Å². The average molecular weight is 301 g/mol. The van der Waals surface area contributed by atoms with E-state index in [9.17, 15) is 14.0 Å². The Morgan fingerprint density at radius 1 is 1.00 bits per heavy atom. The number of hydrogen-bond acceptors (Lipinski definition) is 3. The molecule has 0 N–H and O–H groups in total. The lowest BCUT2D eigenvalue weighted by atomic mass is 10.0. The predicted molar refractivity (Wildman–Crippen MR) is 79.4 cm³/mol. The van der Waals surface area contributed by atoms with Gasteiger partial charge >= 0.3 is 0 Å². The van der Waals surface area contributed by atoms with Gasteiger partial charge in [0.2, 0.25) is 0 Å². The molecule has 2 aromatic carbocycles. The lowest BCUT2D eigenvalue weighted by Gasteiger charge is -2.09. The summed E-state index contributed by atoms with van der Waals surface area (Å²) < 4.78 is 36.5. The van der Waals surface area contributed by atoms with E-state index < -0.39 is 11.6 Å². The maximum Gasteiger partial charge on any atom is 0.161 e. The third-order valence-corrected chi connectivity index (χ3v) is 3.07. The maximum absolute atomic E-state index is 13.2. The molecule has 0 saturated heterocycles. The summed E-state index contributed by atoms with van der Waals surface area (Å²) in [4.78, 5) is 0. The van der Waals surface area contributed by atoms with E-state index in [1.807, 2.05) is 6.07 Å². The molecule has 0 spiro atoms. The zero-order valence-corrected chi connectivity index (χ0v) is 12.1. The van der Waals surface area contributed by atoms with Crippen molar-refractivity contribution in [3.8, 4) is 17.6 Å². The van der Waals surface area contributed by atoms with Crippen molar-refractivity contribution in [2.24, 2.45) is 0 Å². The lowest BCUT2D eigenvalue weighted by Crippen LogP contribution is -1.92. The molecular formula is C17H13F2NO2. The largest absolute Gasteiger partial charge is 0.493 e. The molecule has 0 aromatic heterocycles. The molecule has 2 aromatic rings. The summed E-state index contributed by atoms with van der Waals surface area (Å²) in [5, 5.41) is 9.30. The van der Waals surface area contributed by atoms with Gasteiger partial charge in [-0.25, -0.2) is 8.78 Å². The van der Waals surface area contributed by atoms with Crippen molar-refractivity contribution in [1.82, 2.24) is 0 Å². The number of nitrogens with zero attached hydrogens (tertiary/aromatic N) is 1. The number of halogens is 2. The van der Waals surface area contributed by atoms with Crippen LogP contribution in [0.1, 0.15) is 11.1 Å². The first-order chi connectivity index (χ1) is 10.6. The SMILES string of the molecule is COc1ccc(C(C#N)=Cc2ccc(F)c(F)c2)cc1OC. The van der Waals surface area contributed by atoms with E-state index in [2.05, 4.69) is 0 Å². The topological polar surface area (TPSA) is 42.2 Å². The summed E-state index contributed by atoms with van der Waals surface area (Å²) in [6.07, 6.45) is 1.48. The molecule has 0 unspecified atom stereocenters. The van der Waals surface area contributed by atoms with Crippen molar-refractivity contribution in [1.29, 1.82) is 5.26 Å². The standard InChI is InChI=1S/C17H13F2NO2/c1-21-16-6-4-12(9-17(16)22-2)13(10-20)7-11-3-5-14(18)15(19)8-11/h3-9H,1-2H3. The highest BCUT2D eigenvalue weighted by Crippen LogP contribution is 2.31. The molecule has 5 heteroatoms. The van der Waals surface area contributed by atoms with Gasteiger partial charge in [0, 0.05) is 0 Å². The van der Waals surface area contributed by atoms with Crippen molar-refractivity contribution >= 4 is 11.6 Å². The highest BCUT2D eigenvalue weighted by Gasteiger charge is 2.09. The van der Waals surface area contributed by atoms with E-state index in [4.69, 9.17) is 9.47 Å². The van der Waals surface area contributed by atoms with E-state index in [-0.39, 0.29) is 0 Å². The first-order valence-corrected chi connectivity index (χ1v) is 6.38. The monoisotopic (exact) mass is 301 g/mol. The van der Waals surface area contributed by atoms with Gasteiger partial charge in [-0.2, -0.15) is 5.26 Å². The summed E-state index contributed by atoms with van der Waals surface area (Å²) in [5.74, 6) is -0.872. The van der Waals surface area contributed by atoms with Gasteiger partial charge in [0.05, 0.1) is 25.9 Å². The third-order valence-electron chi connectivity index (χ3n) is 3.07. The van der Waals surface area contributed by atoms with Crippen LogP contribution in [0.25, 0.3) is 11.6 Å². The fourth-order valence-corrected chi connectivity index (χ4v) is 1.95. The minimum Gasteiger partial charge on any atom is -0.493 e. The minimum absolute atomic E-state index is 0.298. The Morgan fingerprint density at radius 2 is 1.73 bits per heavy atom. The number of rotatable bonds is 4. The molecule has 0 saturated carbocycles. The van der Waals surface area contributed by atoms with E-state index in [1.54, 1.807) is 18.2 Å². The molecule has 0 amide bonds. The van der Waals surface area contributed by atoms with Crippen LogP contribution in [0.15, 0.2) is 36.4 Å².